The summed E-state index contributed by atoms with van der Waals surface area (Å²) in [4.78, 5) is 24.7. The summed E-state index contributed by atoms with van der Waals surface area (Å²) in [7, 11) is 1.68. The molecule has 0 atom stereocenters. The maximum atomic E-state index is 13.2. The molecular formula is C30H30N2O3S. The Hall–Kier alpha value is -3.38. The maximum absolute atomic E-state index is 13.2. The van der Waals surface area contributed by atoms with Crippen molar-refractivity contribution < 1.29 is 14.3 Å². The van der Waals surface area contributed by atoms with Gasteiger partial charge in [-0.1, -0.05) is 36.4 Å². The molecule has 184 valence electrons. The zero-order chi connectivity index (χ0) is 24.9. The summed E-state index contributed by atoms with van der Waals surface area (Å²) in [5.74, 6) is 1.41. The van der Waals surface area contributed by atoms with Crippen LogP contribution in [0.4, 0.5) is 0 Å². The molecule has 5 nitrogen and oxygen atoms in total. The number of carbonyl (C=O) groups is 2. The lowest BCUT2D eigenvalue weighted by Gasteiger charge is -2.57. The van der Waals surface area contributed by atoms with Gasteiger partial charge in [0.1, 0.15) is 11.5 Å². The first-order valence-electron chi connectivity index (χ1n) is 12.5. The minimum atomic E-state index is 0.0110. The topological polar surface area (TPSA) is 60.3 Å². The average Bonchev–Trinajstić information content (AvgIpc) is 3.43. The van der Waals surface area contributed by atoms with Crippen molar-refractivity contribution in [1.82, 2.24) is 9.88 Å². The first kappa shape index (κ1) is 23.0. The SMILES string of the molecule is COc1cccc(-c2ccc(Cn3ccc4scc(C(=O)NC5CC6(C5)CC(C(C)=O)C6)c43)cc2)c1. The number of nitrogens with one attached hydrogen (secondary N) is 1. The highest BCUT2D eigenvalue weighted by atomic mass is 32.1. The molecule has 0 bridgehead atoms. The highest BCUT2D eigenvalue weighted by molar-refractivity contribution is 7.17. The van der Waals surface area contributed by atoms with Crippen LogP contribution in [0.5, 0.6) is 5.75 Å². The molecule has 2 aromatic carbocycles. The lowest BCUT2D eigenvalue weighted by atomic mass is 9.49. The van der Waals surface area contributed by atoms with Crippen LogP contribution in [0.1, 0.15) is 48.5 Å². The van der Waals surface area contributed by atoms with Crippen LogP contribution < -0.4 is 10.1 Å². The van der Waals surface area contributed by atoms with Gasteiger partial charge in [-0.25, -0.2) is 0 Å². The molecule has 4 aromatic rings. The standard InChI is InChI=1S/C30H30N2O3S/c1-19(33)23-13-30(14-23)15-24(16-30)31-29(34)26-18-36-27-10-11-32(28(26)27)17-20-6-8-21(9-7-20)22-4-3-5-25(12-22)35-2/h3-12,18,23-24H,13-17H2,1-2H3,(H,31,34). The van der Waals surface area contributed by atoms with Crippen LogP contribution in [0.2, 0.25) is 0 Å². The number of ether oxygens (including phenoxy) is 1. The number of hydrogen-bond donors (Lipinski definition) is 1. The van der Waals surface area contributed by atoms with Crippen molar-refractivity contribution in [3.05, 3.63) is 77.3 Å². The molecular weight excluding hydrogens is 468 g/mol. The van der Waals surface area contributed by atoms with E-state index in [9.17, 15) is 9.59 Å². The Kier molecular flexibility index (Phi) is 5.72. The Bertz CT molecular complexity index is 1430. The number of methoxy groups -OCH3 is 1. The smallest absolute Gasteiger partial charge is 0.254 e. The molecule has 1 amide bonds. The van der Waals surface area contributed by atoms with E-state index in [0.29, 0.717) is 17.7 Å². The number of carbonyl (C=O) groups excluding carboxylic acids is 2. The fourth-order valence-corrected chi connectivity index (χ4v) is 7.01. The number of ketones is 1. The third-order valence-corrected chi connectivity index (χ3v) is 9.00. The highest BCUT2D eigenvalue weighted by Crippen LogP contribution is 2.58. The number of aromatic nitrogens is 1. The molecule has 1 spiro atoms. The van der Waals surface area contributed by atoms with E-state index in [2.05, 4.69) is 52.5 Å². The van der Waals surface area contributed by atoms with Gasteiger partial charge in [0, 0.05) is 30.1 Å². The lowest BCUT2D eigenvalue weighted by molar-refractivity contribution is -0.134. The minimum absolute atomic E-state index is 0.0110. The second-order valence-electron chi connectivity index (χ2n) is 10.5. The molecule has 2 saturated carbocycles. The van der Waals surface area contributed by atoms with Crippen LogP contribution in [-0.4, -0.2) is 29.4 Å². The summed E-state index contributed by atoms with van der Waals surface area (Å²) in [6.07, 6.45) is 6.06. The van der Waals surface area contributed by atoms with E-state index in [1.807, 2.05) is 23.6 Å². The largest absolute Gasteiger partial charge is 0.497 e. The van der Waals surface area contributed by atoms with Gasteiger partial charge in [0.15, 0.2) is 0 Å². The van der Waals surface area contributed by atoms with E-state index in [0.717, 1.165) is 58.3 Å². The Morgan fingerprint density at radius 3 is 2.56 bits per heavy atom. The number of thiophene rings is 1. The fourth-order valence-electron chi connectivity index (χ4n) is 6.07. The number of benzene rings is 2. The van der Waals surface area contributed by atoms with Gasteiger partial charge < -0.3 is 14.6 Å². The molecule has 2 aliphatic rings. The molecule has 36 heavy (non-hydrogen) atoms. The van der Waals surface area contributed by atoms with Gasteiger partial charge in [-0.3, -0.25) is 9.59 Å². The monoisotopic (exact) mass is 498 g/mol. The molecule has 1 N–H and O–H groups in total. The summed E-state index contributed by atoms with van der Waals surface area (Å²) in [5.41, 5.74) is 5.51. The molecule has 6 rings (SSSR count). The van der Waals surface area contributed by atoms with Gasteiger partial charge in [-0.15, -0.1) is 11.3 Å². The number of Topliss-reactive ketones (excluding diaryl/α,β-unsaturated/α-hetero) is 1. The molecule has 6 heteroatoms. The van der Waals surface area contributed by atoms with Gasteiger partial charge in [-0.2, -0.15) is 0 Å². The van der Waals surface area contributed by atoms with Gasteiger partial charge in [0.25, 0.3) is 5.91 Å². The average molecular weight is 499 g/mol. The Labute approximate surface area is 215 Å². The predicted molar refractivity (Wildman–Crippen MR) is 144 cm³/mol. The summed E-state index contributed by atoms with van der Waals surface area (Å²) in [6.45, 7) is 2.40. The van der Waals surface area contributed by atoms with Crippen LogP contribution in [-0.2, 0) is 11.3 Å². The number of hydrogen-bond acceptors (Lipinski definition) is 4. The van der Waals surface area contributed by atoms with Crippen LogP contribution in [0.25, 0.3) is 21.3 Å². The van der Waals surface area contributed by atoms with E-state index in [1.54, 1.807) is 25.4 Å². The Morgan fingerprint density at radius 1 is 1.06 bits per heavy atom. The third-order valence-electron chi connectivity index (χ3n) is 8.07. The quantitative estimate of drug-likeness (QED) is 0.325. The van der Waals surface area contributed by atoms with Crippen molar-refractivity contribution in [2.24, 2.45) is 11.3 Å². The predicted octanol–water partition coefficient (Wildman–Crippen LogP) is 6.30. The molecule has 2 fully saturated rings. The first-order valence-corrected chi connectivity index (χ1v) is 13.4. The summed E-state index contributed by atoms with van der Waals surface area (Å²) in [6, 6.07) is 18.9. The zero-order valence-electron chi connectivity index (χ0n) is 20.6. The highest BCUT2D eigenvalue weighted by Gasteiger charge is 2.54. The summed E-state index contributed by atoms with van der Waals surface area (Å²) >= 11 is 1.62. The number of nitrogens with zero attached hydrogens (tertiary/aromatic N) is 1. The number of amides is 1. The fraction of sp³-hybridized carbons (Fsp3) is 0.333. The van der Waals surface area contributed by atoms with Crippen LogP contribution in [0.3, 0.4) is 0 Å². The van der Waals surface area contributed by atoms with Crippen molar-refractivity contribution in [3.8, 4) is 16.9 Å². The van der Waals surface area contributed by atoms with Crippen LogP contribution >= 0.6 is 11.3 Å². The molecule has 0 radical (unpaired) electrons. The van der Waals surface area contributed by atoms with Crippen molar-refractivity contribution in [2.75, 3.05) is 7.11 Å². The Balaban J connectivity index is 1.13. The van der Waals surface area contributed by atoms with Gasteiger partial charge in [0.2, 0.25) is 0 Å². The summed E-state index contributed by atoms with van der Waals surface area (Å²) < 4.78 is 8.65. The molecule has 0 aliphatic heterocycles. The van der Waals surface area contributed by atoms with E-state index in [1.165, 1.54) is 5.56 Å². The van der Waals surface area contributed by atoms with Crippen molar-refractivity contribution in [3.63, 3.8) is 0 Å². The van der Waals surface area contributed by atoms with Crippen molar-refractivity contribution in [1.29, 1.82) is 0 Å². The van der Waals surface area contributed by atoms with Crippen LogP contribution in [0, 0.1) is 11.3 Å². The minimum Gasteiger partial charge on any atom is -0.497 e. The van der Waals surface area contributed by atoms with Crippen molar-refractivity contribution >= 4 is 33.2 Å². The van der Waals surface area contributed by atoms with Gasteiger partial charge in [0.05, 0.1) is 22.9 Å². The molecule has 2 aliphatic carbocycles. The van der Waals surface area contributed by atoms with Crippen LogP contribution in [0.15, 0.2) is 66.2 Å². The first-order chi connectivity index (χ1) is 17.4. The lowest BCUT2D eigenvalue weighted by Crippen LogP contribution is -2.57. The number of fused-ring (bicyclic) bond motifs is 1. The second-order valence-corrected chi connectivity index (χ2v) is 11.4. The van der Waals surface area contributed by atoms with E-state index in [-0.39, 0.29) is 17.9 Å². The van der Waals surface area contributed by atoms with E-state index in [4.69, 9.17) is 4.74 Å². The molecule has 2 heterocycles. The van der Waals surface area contributed by atoms with Gasteiger partial charge >= 0.3 is 0 Å². The maximum Gasteiger partial charge on any atom is 0.254 e. The number of rotatable bonds is 7. The van der Waals surface area contributed by atoms with Gasteiger partial charge in [-0.05, 0) is 72.9 Å². The normalized spacial score (nSPS) is 22.7. The zero-order valence-corrected chi connectivity index (χ0v) is 21.4. The van der Waals surface area contributed by atoms with E-state index < -0.39 is 0 Å². The Morgan fingerprint density at radius 2 is 1.83 bits per heavy atom. The molecule has 0 unspecified atom stereocenters. The molecule has 0 saturated heterocycles. The molecule has 2 aromatic heterocycles. The van der Waals surface area contributed by atoms with E-state index >= 15 is 0 Å². The van der Waals surface area contributed by atoms with Crippen molar-refractivity contribution in [2.45, 2.75) is 45.2 Å². The summed E-state index contributed by atoms with van der Waals surface area (Å²) in [5, 5.41) is 5.23. The second kappa shape index (κ2) is 8.93. The third kappa shape index (κ3) is 4.13.